The van der Waals surface area contributed by atoms with E-state index in [0.29, 0.717) is 17.5 Å². The number of nitrogens with one attached hydrogen (secondary N) is 1. The molecule has 0 radical (unpaired) electrons. The summed E-state index contributed by atoms with van der Waals surface area (Å²) in [5.74, 6) is 1.19. The third-order valence-electron chi connectivity index (χ3n) is 3.00. The van der Waals surface area contributed by atoms with Crippen LogP contribution in [0.2, 0.25) is 0 Å². The molecular weight excluding hydrogens is 198 g/mol. The highest BCUT2D eigenvalue weighted by Gasteiger charge is 2.23. The first kappa shape index (κ1) is 11.5. The average molecular weight is 221 g/mol. The minimum absolute atomic E-state index is 0.305. The lowest BCUT2D eigenvalue weighted by Gasteiger charge is -2.27. The molecule has 0 amide bonds. The van der Waals surface area contributed by atoms with E-state index in [-0.39, 0.29) is 0 Å². The Morgan fingerprint density at radius 3 is 2.75 bits per heavy atom. The Balaban J connectivity index is 2.23. The molecule has 0 bridgehead atoms. The summed E-state index contributed by atoms with van der Waals surface area (Å²) in [6.07, 6.45) is 2.19. The predicted molar refractivity (Wildman–Crippen MR) is 67.8 cm³/mol. The fourth-order valence-corrected chi connectivity index (χ4v) is 2.44. The first-order chi connectivity index (χ1) is 7.35. The van der Waals surface area contributed by atoms with E-state index < -0.39 is 0 Å². The molecule has 2 atom stereocenters. The predicted octanol–water partition coefficient (Wildman–Crippen LogP) is 3.24. The van der Waals surface area contributed by atoms with Crippen molar-refractivity contribution in [1.82, 2.24) is 9.78 Å². The van der Waals surface area contributed by atoms with Crippen molar-refractivity contribution < 1.29 is 0 Å². The zero-order valence-corrected chi connectivity index (χ0v) is 11.0. The maximum absolute atomic E-state index is 4.71. The fourth-order valence-electron chi connectivity index (χ4n) is 2.44. The number of nitrogens with zero attached hydrogens (tertiary/aromatic N) is 2. The van der Waals surface area contributed by atoms with Gasteiger partial charge < -0.3 is 5.32 Å². The minimum Gasteiger partial charge on any atom is -0.368 e. The number of hydrogen-bond donors (Lipinski definition) is 1. The van der Waals surface area contributed by atoms with Crippen LogP contribution >= 0.6 is 0 Å². The Morgan fingerprint density at radius 1 is 1.44 bits per heavy atom. The van der Waals surface area contributed by atoms with E-state index in [9.17, 15) is 0 Å². The highest BCUT2D eigenvalue weighted by molar-refractivity contribution is 5.40. The van der Waals surface area contributed by atoms with Gasteiger partial charge in [0.15, 0.2) is 0 Å². The number of rotatable bonds is 1. The third-order valence-corrected chi connectivity index (χ3v) is 3.00. The van der Waals surface area contributed by atoms with Crippen LogP contribution in [0, 0.1) is 5.41 Å². The summed E-state index contributed by atoms with van der Waals surface area (Å²) >= 11 is 0. The zero-order chi connectivity index (χ0) is 11.9. The van der Waals surface area contributed by atoms with E-state index in [2.05, 4.69) is 50.7 Å². The lowest BCUT2D eigenvalue weighted by atomic mass is 9.91. The van der Waals surface area contributed by atoms with Crippen molar-refractivity contribution in [2.75, 3.05) is 5.32 Å². The first-order valence-corrected chi connectivity index (χ1v) is 6.20. The van der Waals surface area contributed by atoms with E-state index in [0.717, 1.165) is 12.8 Å². The monoisotopic (exact) mass is 221 g/mol. The van der Waals surface area contributed by atoms with Gasteiger partial charge in [0.25, 0.3) is 0 Å². The van der Waals surface area contributed by atoms with Gasteiger partial charge in [-0.3, -0.25) is 0 Å². The Labute approximate surface area is 98.2 Å². The first-order valence-electron chi connectivity index (χ1n) is 6.20. The second-order valence-electron chi connectivity index (χ2n) is 6.33. The van der Waals surface area contributed by atoms with Crippen LogP contribution in [0.15, 0.2) is 6.07 Å². The van der Waals surface area contributed by atoms with Crippen LogP contribution < -0.4 is 5.32 Å². The van der Waals surface area contributed by atoms with Gasteiger partial charge in [0.05, 0.1) is 11.7 Å². The Bertz CT molecular complexity index is 373. The van der Waals surface area contributed by atoms with Gasteiger partial charge in [-0.1, -0.05) is 20.8 Å². The molecular formula is C13H23N3. The Morgan fingerprint density at radius 2 is 2.12 bits per heavy atom. The van der Waals surface area contributed by atoms with Gasteiger partial charge in [-0.15, -0.1) is 0 Å². The van der Waals surface area contributed by atoms with Crippen molar-refractivity contribution in [3.05, 3.63) is 11.8 Å². The molecule has 1 N–H and O–H groups in total. The largest absolute Gasteiger partial charge is 0.368 e. The lowest BCUT2D eigenvalue weighted by molar-refractivity contribution is 0.387. The summed E-state index contributed by atoms with van der Waals surface area (Å²) in [5.41, 5.74) is 1.51. The van der Waals surface area contributed by atoms with Crippen LogP contribution in [-0.2, 0) is 6.42 Å². The second kappa shape index (κ2) is 3.79. The maximum Gasteiger partial charge on any atom is 0.125 e. The van der Waals surface area contributed by atoms with Gasteiger partial charge in [-0.2, -0.15) is 5.10 Å². The number of anilines is 1. The topological polar surface area (TPSA) is 29.9 Å². The fraction of sp³-hybridized carbons (Fsp3) is 0.769. The SMILES string of the molecule is CC1CC(C)n2nc(CC(C)(C)C)cc2N1. The third kappa shape index (κ3) is 2.39. The van der Waals surface area contributed by atoms with Crippen LogP contribution in [0.1, 0.15) is 52.8 Å². The van der Waals surface area contributed by atoms with Gasteiger partial charge in [-0.05, 0) is 32.1 Å². The van der Waals surface area contributed by atoms with Crippen LogP contribution in [0.4, 0.5) is 5.82 Å². The molecule has 16 heavy (non-hydrogen) atoms. The molecule has 2 unspecified atom stereocenters. The maximum atomic E-state index is 4.71. The van der Waals surface area contributed by atoms with Gasteiger partial charge in [0.2, 0.25) is 0 Å². The quantitative estimate of drug-likeness (QED) is 0.789. The molecule has 3 heteroatoms. The number of aromatic nitrogens is 2. The molecule has 1 aromatic rings. The summed E-state index contributed by atoms with van der Waals surface area (Å²) in [6, 6.07) is 3.28. The van der Waals surface area contributed by atoms with Gasteiger partial charge in [-0.25, -0.2) is 4.68 Å². The van der Waals surface area contributed by atoms with Crippen molar-refractivity contribution in [3.63, 3.8) is 0 Å². The second-order valence-corrected chi connectivity index (χ2v) is 6.33. The van der Waals surface area contributed by atoms with Crippen LogP contribution in [0.5, 0.6) is 0 Å². The molecule has 2 heterocycles. The van der Waals surface area contributed by atoms with E-state index in [1.54, 1.807) is 0 Å². The van der Waals surface area contributed by atoms with Gasteiger partial charge >= 0.3 is 0 Å². The molecule has 0 saturated heterocycles. The van der Waals surface area contributed by atoms with Crippen LogP contribution in [0.25, 0.3) is 0 Å². The summed E-state index contributed by atoms with van der Waals surface area (Å²) < 4.78 is 2.14. The summed E-state index contributed by atoms with van der Waals surface area (Å²) in [6.45, 7) is 11.2. The van der Waals surface area contributed by atoms with Crippen molar-refractivity contribution >= 4 is 5.82 Å². The molecule has 0 aliphatic carbocycles. The Kier molecular flexibility index (Phi) is 2.72. The number of hydrogen-bond acceptors (Lipinski definition) is 2. The van der Waals surface area contributed by atoms with E-state index >= 15 is 0 Å². The molecule has 0 saturated carbocycles. The standard InChI is InChI=1S/C13H23N3/c1-9-6-10(2)16-12(14-9)7-11(15-16)8-13(3,4)5/h7,9-10,14H,6,8H2,1-5H3. The molecule has 0 spiro atoms. The van der Waals surface area contributed by atoms with E-state index in [1.165, 1.54) is 11.5 Å². The van der Waals surface area contributed by atoms with Crippen LogP contribution in [-0.4, -0.2) is 15.8 Å². The van der Waals surface area contributed by atoms with E-state index in [1.807, 2.05) is 0 Å². The molecule has 1 aromatic heterocycles. The molecule has 1 aliphatic heterocycles. The molecule has 3 nitrogen and oxygen atoms in total. The van der Waals surface area contributed by atoms with Crippen molar-refractivity contribution in [2.45, 2.75) is 59.5 Å². The van der Waals surface area contributed by atoms with Crippen LogP contribution in [0.3, 0.4) is 0 Å². The average Bonchev–Trinajstić information content (AvgIpc) is 2.43. The molecule has 0 aromatic carbocycles. The minimum atomic E-state index is 0.305. The molecule has 0 fully saturated rings. The zero-order valence-electron chi connectivity index (χ0n) is 11.0. The highest BCUT2D eigenvalue weighted by Crippen LogP contribution is 2.29. The Hall–Kier alpha value is -0.990. The number of fused-ring (bicyclic) bond motifs is 1. The van der Waals surface area contributed by atoms with E-state index in [4.69, 9.17) is 5.10 Å². The smallest absolute Gasteiger partial charge is 0.125 e. The van der Waals surface area contributed by atoms with Crippen molar-refractivity contribution in [3.8, 4) is 0 Å². The summed E-state index contributed by atoms with van der Waals surface area (Å²) in [7, 11) is 0. The normalized spacial score (nSPS) is 25.1. The highest BCUT2D eigenvalue weighted by atomic mass is 15.4. The van der Waals surface area contributed by atoms with Crippen molar-refractivity contribution in [1.29, 1.82) is 0 Å². The molecule has 90 valence electrons. The van der Waals surface area contributed by atoms with Gasteiger partial charge in [0, 0.05) is 12.1 Å². The molecule has 2 rings (SSSR count). The van der Waals surface area contributed by atoms with Gasteiger partial charge in [0.1, 0.15) is 5.82 Å². The summed E-state index contributed by atoms with van der Waals surface area (Å²) in [4.78, 5) is 0. The van der Waals surface area contributed by atoms with Crippen molar-refractivity contribution in [2.24, 2.45) is 5.41 Å². The lowest BCUT2D eigenvalue weighted by Crippen LogP contribution is -2.28. The molecule has 1 aliphatic rings. The summed E-state index contributed by atoms with van der Waals surface area (Å²) in [5, 5.41) is 8.20.